The molecule has 3 rings (SSSR count). The molecule has 0 aromatic heterocycles. The second-order valence-corrected chi connectivity index (χ2v) is 11.8. The minimum absolute atomic E-state index is 0.0337. The standard InChI is InChI=1S/C30H36ClN3O5S/c1-6-21(2)32-30(36)23(4)33(19-24-15-17-25(39-5)18-16-24)29(35)20-34(28-14-10-13-27(31)22(28)3)40(37,38)26-11-8-7-9-12-26/h7-18,21,23H,6,19-20H2,1-5H3,(H,32,36)/t21-,23-/m0/s1. The van der Waals surface area contributed by atoms with E-state index in [9.17, 15) is 18.0 Å². The summed E-state index contributed by atoms with van der Waals surface area (Å²) in [6.07, 6.45) is 0.724. The van der Waals surface area contributed by atoms with E-state index < -0.39 is 28.5 Å². The summed E-state index contributed by atoms with van der Waals surface area (Å²) < 4.78 is 34.1. The Morgan fingerprint density at radius 1 is 0.975 bits per heavy atom. The summed E-state index contributed by atoms with van der Waals surface area (Å²) in [6, 6.07) is 19.0. The zero-order valence-electron chi connectivity index (χ0n) is 23.4. The van der Waals surface area contributed by atoms with Crippen LogP contribution in [0.2, 0.25) is 5.02 Å². The van der Waals surface area contributed by atoms with E-state index in [2.05, 4.69) is 5.32 Å². The van der Waals surface area contributed by atoms with Crippen molar-refractivity contribution in [1.82, 2.24) is 10.2 Å². The van der Waals surface area contributed by atoms with Gasteiger partial charge in [-0.2, -0.15) is 0 Å². The van der Waals surface area contributed by atoms with Gasteiger partial charge in [0.05, 0.1) is 17.7 Å². The summed E-state index contributed by atoms with van der Waals surface area (Å²) in [6.45, 7) is 6.74. The zero-order chi connectivity index (χ0) is 29.4. The van der Waals surface area contributed by atoms with E-state index in [0.717, 1.165) is 16.3 Å². The fraction of sp³-hybridized carbons (Fsp3) is 0.333. The molecule has 2 atom stereocenters. The highest BCUT2D eigenvalue weighted by Crippen LogP contribution is 2.31. The van der Waals surface area contributed by atoms with Crippen LogP contribution in [0.15, 0.2) is 77.7 Å². The lowest BCUT2D eigenvalue weighted by Gasteiger charge is -2.33. The van der Waals surface area contributed by atoms with Gasteiger partial charge < -0.3 is 15.0 Å². The van der Waals surface area contributed by atoms with Crippen molar-refractivity contribution in [3.8, 4) is 5.75 Å². The molecular weight excluding hydrogens is 550 g/mol. The quantitative estimate of drug-likeness (QED) is 0.316. The maximum Gasteiger partial charge on any atom is 0.264 e. The van der Waals surface area contributed by atoms with Crippen LogP contribution in [0.4, 0.5) is 5.69 Å². The number of hydrogen-bond acceptors (Lipinski definition) is 5. The van der Waals surface area contributed by atoms with Crippen molar-refractivity contribution in [3.63, 3.8) is 0 Å². The van der Waals surface area contributed by atoms with Gasteiger partial charge in [-0.15, -0.1) is 0 Å². The molecule has 0 aliphatic rings. The molecule has 0 saturated carbocycles. The topological polar surface area (TPSA) is 96.0 Å². The average molecular weight is 586 g/mol. The Kier molecular flexibility index (Phi) is 10.6. The van der Waals surface area contributed by atoms with Crippen molar-refractivity contribution in [2.45, 2.75) is 57.6 Å². The van der Waals surface area contributed by atoms with E-state index in [1.54, 1.807) is 81.6 Å². The molecular formula is C30H36ClN3O5S. The zero-order valence-corrected chi connectivity index (χ0v) is 25.0. The molecule has 214 valence electrons. The molecule has 2 amide bonds. The van der Waals surface area contributed by atoms with Crippen LogP contribution in [0.3, 0.4) is 0 Å². The Bertz CT molecular complexity index is 1420. The number of rotatable bonds is 12. The molecule has 0 unspecified atom stereocenters. The lowest BCUT2D eigenvalue weighted by molar-refractivity contribution is -0.139. The second-order valence-electron chi connectivity index (χ2n) is 9.57. The summed E-state index contributed by atoms with van der Waals surface area (Å²) >= 11 is 6.36. The van der Waals surface area contributed by atoms with Crippen molar-refractivity contribution in [2.75, 3.05) is 18.0 Å². The van der Waals surface area contributed by atoms with Crippen molar-refractivity contribution in [3.05, 3.63) is 88.9 Å². The van der Waals surface area contributed by atoms with Crippen LogP contribution in [0, 0.1) is 6.92 Å². The number of ether oxygens (including phenoxy) is 1. The van der Waals surface area contributed by atoms with E-state index in [-0.39, 0.29) is 29.1 Å². The molecule has 0 bridgehead atoms. The molecule has 1 N–H and O–H groups in total. The number of carbonyl (C=O) groups is 2. The van der Waals surface area contributed by atoms with Crippen LogP contribution in [0.1, 0.15) is 38.3 Å². The highest BCUT2D eigenvalue weighted by atomic mass is 35.5. The van der Waals surface area contributed by atoms with Crippen molar-refractivity contribution in [1.29, 1.82) is 0 Å². The van der Waals surface area contributed by atoms with Gasteiger partial charge in [-0.3, -0.25) is 13.9 Å². The number of methoxy groups -OCH3 is 1. The Morgan fingerprint density at radius 2 is 1.62 bits per heavy atom. The van der Waals surface area contributed by atoms with E-state index in [4.69, 9.17) is 16.3 Å². The first kappa shape index (κ1) is 31.0. The lowest BCUT2D eigenvalue weighted by atomic mass is 10.1. The third-order valence-corrected chi connectivity index (χ3v) is 8.98. The van der Waals surface area contributed by atoms with E-state index in [1.807, 2.05) is 13.8 Å². The highest BCUT2D eigenvalue weighted by Gasteiger charge is 2.33. The van der Waals surface area contributed by atoms with Crippen molar-refractivity contribution >= 4 is 39.1 Å². The summed E-state index contributed by atoms with van der Waals surface area (Å²) in [5, 5.41) is 3.29. The Morgan fingerprint density at radius 3 is 2.23 bits per heavy atom. The van der Waals surface area contributed by atoms with E-state index in [1.165, 1.54) is 17.0 Å². The number of sulfonamides is 1. The van der Waals surface area contributed by atoms with Crippen LogP contribution in [0.5, 0.6) is 5.75 Å². The first-order chi connectivity index (χ1) is 19.0. The molecule has 0 radical (unpaired) electrons. The summed E-state index contributed by atoms with van der Waals surface area (Å²) in [4.78, 5) is 28.6. The Balaban J connectivity index is 2.05. The monoisotopic (exact) mass is 585 g/mol. The summed E-state index contributed by atoms with van der Waals surface area (Å²) in [5.74, 6) is -0.213. The third kappa shape index (κ3) is 7.34. The SMILES string of the molecule is CC[C@H](C)NC(=O)[C@H](C)N(Cc1ccc(OC)cc1)C(=O)CN(c1cccc(Cl)c1C)S(=O)(=O)c1ccccc1. The van der Waals surface area contributed by atoms with Crippen LogP contribution in [-0.4, -0.2) is 50.9 Å². The second kappa shape index (κ2) is 13.7. The molecule has 0 heterocycles. The number of halogens is 1. The predicted octanol–water partition coefficient (Wildman–Crippen LogP) is 5.18. The third-order valence-electron chi connectivity index (χ3n) is 6.80. The van der Waals surface area contributed by atoms with Gasteiger partial charge in [0.2, 0.25) is 11.8 Å². The first-order valence-corrected chi connectivity index (χ1v) is 14.9. The fourth-order valence-corrected chi connectivity index (χ4v) is 5.74. The minimum Gasteiger partial charge on any atom is -0.497 e. The fourth-order valence-electron chi connectivity index (χ4n) is 4.08. The summed E-state index contributed by atoms with van der Waals surface area (Å²) in [7, 11) is -2.60. The van der Waals surface area contributed by atoms with E-state index in [0.29, 0.717) is 16.3 Å². The number of carbonyl (C=O) groups excluding carboxylic acids is 2. The predicted molar refractivity (Wildman–Crippen MR) is 158 cm³/mol. The van der Waals surface area contributed by atoms with Crippen molar-refractivity contribution < 1.29 is 22.7 Å². The van der Waals surface area contributed by atoms with Gasteiger partial charge in [-0.25, -0.2) is 8.42 Å². The van der Waals surface area contributed by atoms with Crippen molar-refractivity contribution in [2.24, 2.45) is 0 Å². The normalized spacial score (nSPS) is 12.8. The highest BCUT2D eigenvalue weighted by molar-refractivity contribution is 7.92. The van der Waals surface area contributed by atoms with Gasteiger partial charge in [0.25, 0.3) is 10.0 Å². The minimum atomic E-state index is -4.16. The van der Waals surface area contributed by atoms with Gasteiger partial charge in [0, 0.05) is 17.6 Å². The summed E-state index contributed by atoms with van der Waals surface area (Å²) in [5.41, 5.74) is 1.56. The Hall–Kier alpha value is -3.56. The molecule has 0 aliphatic heterocycles. The van der Waals surface area contributed by atoms with Crippen LogP contribution in [-0.2, 0) is 26.2 Å². The first-order valence-electron chi connectivity index (χ1n) is 13.0. The van der Waals surface area contributed by atoms with Crippen LogP contribution >= 0.6 is 11.6 Å². The lowest BCUT2D eigenvalue weighted by Crippen LogP contribution is -2.52. The molecule has 3 aromatic carbocycles. The number of nitrogens with zero attached hydrogens (tertiary/aromatic N) is 2. The van der Waals surface area contributed by atoms with Gasteiger partial charge in [0.15, 0.2) is 0 Å². The smallest absolute Gasteiger partial charge is 0.264 e. The molecule has 0 spiro atoms. The van der Waals surface area contributed by atoms with Gasteiger partial charge in [0.1, 0.15) is 18.3 Å². The maximum atomic E-state index is 14.0. The molecule has 8 nitrogen and oxygen atoms in total. The number of benzene rings is 3. The number of nitrogens with one attached hydrogen (secondary N) is 1. The van der Waals surface area contributed by atoms with Crippen LogP contribution in [0.25, 0.3) is 0 Å². The molecule has 0 aliphatic carbocycles. The largest absolute Gasteiger partial charge is 0.497 e. The molecule has 10 heteroatoms. The van der Waals surface area contributed by atoms with Crippen LogP contribution < -0.4 is 14.4 Å². The molecule has 0 fully saturated rings. The van der Waals surface area contributed by atoms with Gasteiger partial charge >= 0.3 is 0 Å². The number of anilines is 1. The van der Waals surface area contributed by atoms with E-state index >= 15 is 0 Å². The molecule has 0 saturated heterocycles. The number of hydrogen-bond donors (Lipinski definition) is 1. The molecule has 40 heavy (non-hydrogen) atoms. The molecule has 3 aromatic rings. The average Bonchev–Trinajstić information content (AvgIpc) is 2.96. The van der Waals surface area contributed by atoms with Gasteiger partial charge in [-0.1, -0.05) is 54.9 Å². The van der Waals surface area contributed by atoms with Gasteiger partial charge in [-0.05, 0) is 74.7 Å². The number of amides is 2. The Labute approximate surface area is 241 Å². The maximum absolute atomic E-state index is 14.0.